The first-order chi connectivity index (χ1) is 39.8. The first-order valence-electron chi connectivity index (χ1n) is 25.6. The van der Waals surface area contributed by atoms with Crippen molar-refractivity contribution in [2.45, 2.75) is 37.9 Å². The summed E-state index contributed by atoms with van der Waals surface area (Å²) in [5.41, 5.74) is 3.25. The molecule has 12 rings (SSSR count). The van der Waals surface area contributed by atoms with Gasteiger partial charge in [0.25, 0.3) is 11.8 Å². The second-order valence-corrected chi connectivity index (χ2v) is 20.5. The molecule has 2 aliphatic heterocycles. The maximum absolute atomic E-state index is 14.6. The highest BCUT2D eigenvalue weighted by Gasteiger charge is 2.39. The Kier molecular flexibility index (Phi) is 14.8. The average Bonchev–Trinajstić information content (AvgIpc) is 3.12. The summed E-state index contributed by atoms with van der Waals surface area (Å²) >= 11 is 0. The molecule has 2 amide bonds. The van der Waals surface area contributed by atoms with Crippen LogP contribution in [0.3, 0.4) is 0 Å². The Labute approximate surface area is 468 Å². The maximum atomic E-state index is 14.6. The molecule has 2 fully saturated rings. The van der Waals surface area contributed by atoms with Crippen LogP contribution in [-0.2, 0) is 24.9 Å². The second kappa shape index (κ2) is 22.3. The summed E-state index contributed by atoms with van der Waals surface area (Å²) in [6.07, 6.45) is 12.2. The van der Waals surface area contributed by atoms with Crippen LogP contribution in [0.4, 0.5) is 37.7 Å². The number of likely N-dealkylation sites (tertiary alicyclic amines) is 1. The number of benzene rings is 4. The third-order valence-electron chi connectivity index (χ3n) is 13.9. The van der Waals surface area contributed by atoms with Gasteiger partial charge in [0.2, 0.25) is 0 Å². The summed E-state index contributed by atoms with van der Waals surface area (Å²) < 4.78 is 110. The van der Waals surface area contributed by atoms with Crippen LogP contribution in [0.1, 0.15) is 45.7 Å². The number of carbonyl (C=O) groups excluding carboxylic acids is 2. The number of likely N-dealkylation sites (N-methyl/N-ethyl adjacent to an activating group) is 1. The minimum Gasteiger partial charge on any atom is -0.457 e. The fourth-order valence-corrected chi connectivity index (χ4v) is 10.1. The van der Waals surface area contributed by atoms with Crippen LogP contribution in [-0.4, -0.2) is 112 Å². The van der Waals surface area contributed by atoms with E-state index in [1.807, 2.05) is 14.0 Å². The highest BCUT2D eigenvalue weighted by molar-refractivity contribution is 6.10. The van der Waals surface area contributed by atoms with Crippen molar-refractivity contribution in [1.82, 2.24) is 59.0 Å². The highest BCUT2D eigenvalue weighted by Crippen LogP contribution is 2.42. The number of fused-ring (bicyclic) bond motifs is 2. The number of ether oxygens (including phenoxy) is 4. The van der Waals surface area contributed by atoms with Gasteiger partial charge in [0.05, 0.1) is 34.9 Å². The Balaban J connectivity index is 0.000000174. The van der Waals surface area contributed by atoms with Crippen LogP contribution in [0.15, 0.2) is 135 Å². The van der Waals surface area contributed by atoms with Crippen molar-refractivity contribution in [3.63, 3.8) is 0 Å². The molecular weight excluding hydrogens is 1090 g/mol. The highest BCUT2D eigenvalue weighted by atomic mass is 19.3. The zero-order valence-electron chi connectivity index (χ0n) is 44.8. The molecule has 426 valence electrons. The number of aryl methyl sites for hydroxylation is 2. The van der Waals surface area contributed by atoms with E-state index in [4.69, 9.17) is 18.9 Å². The number of hydrogen-bond donors (Lipinski definition) is 3. The van der Waals surface area contributed by atoms with Crippen molar-refractivity contribution >= 4 is 34.5 Å². The van der Waals surface area contributed by atoms with E-state index in [0.29, 0.717) is 24.4 Å². The molecule has 8 heterocycles. The molecule has 0 aliphatic carbocycles. The molecule has 0 spiro atoms. The predicted octanol–water partition coefficient (Wildman–Crippen LogP) is 9.89. The molecule has 0 unspecified atom stereocenters. The number of aromatic nitrogens is 10. The van der Waals surface area contributed by atoms with E-state index in [2.05, 4.69) is 58.1 Å². The molecular formula is C57H50F6N14O6. The lowest BCUT2D eigenvalue weighted by molar-refractivity contribution is -0.0501. The van der Waals surface area contributed by atoms with E-state index in [1.54, 1.807) is 50.8 Å². The van der Waals surface area contributed by atoms with Crippen LogP contribution in [0.5, 0.6) is 34.5 Å². The van der Waals surface area contributed by atoms with E-state index in [9.17, 15) is 35.9 Å². The fourth-order valence-electron chi connectivity index (χ4n) is 10.1. The lowest BCUT2D eigenvalue weighted by Gasteiger charge is -2.46. The Morgan fingerprint density at radius 1 is 0.602 bits per heavy atom. The monoisotopic (exact) mass is 1140 g/mol. The van der Waals surface area contributed by atoms with Gasteiger partial charge in [0.1, 0.15) is 68.6 Å². The van der Waals surface area contributed by atoms with Gasteiger partial charge in [0, 0.05) is 100 Å². The standard InChI is InChI=1S/C29H26F3N7O3.C28H24F3N7O3/c1-29(15-37(2)16-29)17-9-18(30)11-20(10-17)41-19-5-6-24(42-28(31)32)21(12-19)25-23(14-38(3)36-25)35-27(40)22-13-34-39-8-4-7-33-26(22)39;1-28(14-32-15-28)16-8-17(29)10-19(9-16)40-18-4-5-23(41-27(30)31)20(11-18)24-22(13-37(2)36-24)35-26(39)21-12-34-38-7-3-6-33-25(21)38/h4-14,28H,15-16H2,1-3H3,(H,35,40);3-13,27,32H,14-15H2,1-2H3,(H,35,39). The van der Waals surface area contributed by atoms with Gasteiger partial charge < -0.3 is 39.8 Å². The van der Waals surface area contributed by atoms with Crippen molar-refractivity contribution in [3.05, 3.63) is 168 Å². The minimum atomic E-state index is -3.12. The van der Waals surface area contributed by atoms with Crippen molar-refractivity contribution in [2.75, 3.05) is 43.9 Å². The van der Waals surface area contributed by atoms with Gasteiger partial charge in [0.15, 0.2) is 11.3 Å². The van der Waals surface area contributed by atoms with E-state index in [1.165, 1.54) is 116 Å². The van der Waals surface area contributed by atoms with Gasteiger partial charge in [-0.25, -0.2) is 27.8 Å². The van der Waals surface area contributed by atoms with Gasteiger partial charge in [-0.05, 0) is 91.0 Å². The van der Waals surface area contributed by atoms with Crippen LogP contribution >= 0.6 is 0 Å². The molecule has 2 saturated heterocycles. The van der Waals surface area contributed by atoms with Gasteiger partial charge in [-0.3, -0.25) is 19.0 Å². The largest absolute Gasteiger partial charge is 0.457 e. The molecule has 6 aromatic heterocycles. The third kappa shape index (κ3) is 11.7. The number of carbonyl (C=O) groups is 2. The first-order valence-corrected chi connectivity index (χ1v) is 25.6. The molecule has 0 radical (unpaired) electrons. The first kappa shape index (κ1) is 55.1. The molecule has 26 heteroatoms. The molecule has 0 saturated carbocycles. The maximum Gasteiger partial charge on any atom is 0.387 e. The van der Waals surface area contributed by atoms with Crippen LogP contribution in [0, 0.1) is 11.6 Å². The lowest BCUT2D eigenvalue weighted by Crippen LogP contribution is -2.55. The van der Waals surface area contributed by atoms with E-state index in [-0.39, 0.29) is 90.3 Å². The summed E-state index contributed by atoms with van der Waals surface area (Å²) in [6, 6.07) is 20.8. The second-order valence-electron chi connectivity index (χ2n) is 20.5. The Hall–Kier alpha value is -9.82. The van der Waals surface area contributed by atoms with Crippen LogP contribution < -0.4 is 34.9 Å². The minimum absolute atomic E-state index is 0.128. The molecule has 3 N–H and O–H groups in total. The van der Waals surface area contributed by atoms with Crippen molar-refractivity contribution in [2.24, 2.45) is 14.1 Å². The van der Waals surface area contributed by atoms with Gasteiger partial charge in [-0.2, -0.15) is 38.0 Å². The zero-order valence-corrected chi connectivity index (χ0v) is 44.8. The zero-order chi connectivity index (χ0) is 58.3. The van der Waals surface area contributed by atoms with Crippen molar-refractivity contribution in [3.8, 4) is 57.0 Å². The Morgan fingerprint density at radius 3 is 1.46 bits per heavy atom. The van der Waals surface area contributed by atoms with E-state index < -0.39 is 36.7 Å². The molecule has 20 nitrogen and oxygen atoms in total. The molecule has 10 aromatic rings. The predicted molar refractivity (Wildman–Crippen MR) is 290 cm³/mol. The number of alkyl halides is 4. The summed E-state index contributed by atoms with van der Waals surface area (Å²) in [7, 11) is 5.23. The van der Waals surface area contributed by atoms with Gasteiger partial charge >= 0.3 is 13.2 Å². The quantitative estimate of drug-likeness (QED) is 0.0771. The number of halogens is 6. The summed E-state index contributed by atoms with van der Waals surface area (Å²) in [4.78, 5) is 36.9. The van der Waals surface area contributed by atoms with Crippen LogP contribution in [0.25, 0.3) is 33.8 Å². The average molecular weight is 1140 g/mol. The van der Waals surface area contributed by atoms with E-state index in [0.717, 1.165) is 24.2 Å². The molecule has 0 bridgehead atoms. The molecule has 0 atom stereocenters. The van der Waals surface area contributed by atoms with Crippen LogP contribution in [0.2, 0.25) is 0 Å². The third-order valence-corrected chi connectivity index (χ3v) is 13.9. The number of nitrogens with zero attached hydrogens (tertiary/aromatic N) is 11. The number of anilines is 2. The number of amides is 2. The number of nitrogens with one attached hydrogen (secondary N) is 3. The summed E-state index contributed by atoms with van der Waals surface area (Å²) in [6.45, 7) is 0.817. The van der Waals surface area contributed by atoms with Crippen molar-refractivity contribution in [1.29, 1.82) is 0 Å². The van der Waals surface area contributed by atoms with Crippen molar-refractivity contribution < 1.29 is 54.9 Å². The fraction of sp³-hybridized carbons (Fsp3) is 0.228. The van der Waals surface area contributed by atoms with E-state index >= 15 is 0 Å². The molecule has 2 aliphatic rings. The summed E-state index contributed by atoms with van der Waals surface area (Å²) in [5.74, 6) is -1.37. The van der Waals surface area contributed by atoms with Gasteiger partial charge in [-0.15, -0.1) is 0 Å². The smallest absolute Gasteiger partial charge is 0.387 e. The summed E-state index contributed by atoms with van der Waals surface area (Å²) in [5, 5.41) is 25.8. The molecule has 83 heavy (non-hydrogen) atoms. The number of rotatable bonds is 16. The Morgan fingerprint density at radius 2 is 1.05 bits per heavy atom. The Bertz CT molecular complexity index is 4080. The number of hydrogen-bond acceptors (Lipinski definition) is 14. The normalized spacial score (nSPS) is 14.4. The lowest BCUT2D eigenvalue weighted by atomic mass is 9.76. The topological polar surface area (TPSA) is 206 Å². The SMILES string of the molecule is CN1CC(C)(c2cc(F)cc(Oc3ccc(OC(F)F)c(-c4nn(C)cc4NC(=O)c4cnn5cccnc45)c3)c2)C1.Cn1cc(NC(=O)c2cnn3cccnc23)c(-c2cc(Oc3cc(F)cc(C4(C)CNC4)c3)ccc2OC(F)F)n1. The van der Waals surface area contributed by atoms with Gasteiger partial charge in [-0.1, -0.05) is 13.8 Å². The molecule has 4 aromatic carbocycles.